The number of aromatic nitrogens is 2. The summed E-state index contributed by atoms with van der Waals surface area (Å²) in [4.78, 5) is 28.8. The number of urea groups is 1. The van der Waals surface area contributed by atoms with E-state index >= 15 is 0 Å². The lowest BCUT2D eigenvalue weighted by molar-refractivity contribution is -0.141. The predicted molar refractivity (Wildman–Crippen MR) is 110 cm³/mol. The quantitative estimate of drug-likeness (QED) is 0.574. The first-order valence-electron chi connectivity index (χ1n) is 9.75. The zero-order valence-electron chi connectivity index (χ0n) is 16.5. The maximum absolute atomic E-state index is 12.6. The molecule has 2 aromatic carbocycles. The summed E-state index contributed by atoms with van der Waals surface area (Å²) in [5.74, 6) is 1.15. The minimum absolute atomic E-state index is 0.0277. The van der Waals surface area contributed by atoms with Crippen molar-refractivity contribution in [3.05, 3.63) is 66.0 Å². The highest BCUT2D eigenvalue weighted by atomic mass is 16.5. The van der Waals surface area contributed by atoms with Gasteiger partial charge in [0.25, 0.3) is 5.89 Å². The van der Waals surface area contributed by atoms with Crippen LogP contribution in [0.1, 0.15) is 42.6 Å². The molecule has 1 saturated carbocycles. The number of amides is 2. The van der Waals surface area contributed by atoms with Crippen LogP contribution in [0, 0.1) is 0 Å². The third kappa shape index (κ3) is 4.83. The van der Waals surface area contributed by atoms with Crippen LogP contribution in [-0.4, -0.2) is 29.3 Å². The third-order valence-corrected chi connectivity index (χ3v) is 4.86. The molecule has 0 saturated heterocycles. The van der Waals surface area contributed by atoms with Gasteiger partial charge in [0.1, 0.15) is 0 Å². The Morgan fingerprint density at radius 2 is 1.97 bits per heavy atom. The van der Waals surface area contributed by atoms with Crippen LogP contribution in [0.5, 0.6) is 0 Å². The van der Waals surface area contributed by atoms with Crippen molar-refractivity contribution in [1.82, 2.24) is 15.5 Å². The fraction of sp³-hybridized carbons (Fsp3) is 0.273. The number of esters is 1. The van der Waals surface area contributed by atoms with Crippen molar-refractivity contribution in [2.75, 3.05) is 12.4 Å². The molecule has 154 valence electrons. The SMILES string of the molecule is COC(=O)C[C@@H](NC(=O)Nc1cccc(-c2nc(C3CC3)no2)c1)c1ccccc1. The van der Waals surface area contributed by atoms with Crippen LogP contribution >= 0.6 is 0 Å². The molecule has 3 aromatic rings. The van der Waals surface area contributed by atoms with E-state index in [-0.39, 0.29) is 6.42 Å². The highest BCUT2D eigenvalue weighted by Gasteiger charge is 2.29. The number of carbonyl (C=O) groups excluding carboxylic acids is 2. The number of benzene rings is 2. The first kappa shape index (κ1) is 19.6. The van der Waals surface area contributed by atoms with Crippen LogP contribution in [0.3, 0.4) is 0 Å². The Morgan fingerprint density at radius 1 is 1.17 bits per heavy atom. The van der Waals surface area contributed by atoms with Gasteiger partial charge in [0.15, 0.2) is 5.82 Å². The first-order valence-corrected chi connectivity index (χ1v) is 9.75. The second-order valence-electron chi connectivity index (χ2n) is 7.15. The molecule has 8 heteroatoms. The van der Waals surface area contributed by atoms with Crippen molar-refractivity contribution in [3.8, 4) is 11.5 Å². The molecular formula is C22H22N4O4. The molecule has 0 bridgehead atoms. The minimum atomic E-state index is -0.515. The van der Waals surface area contributed by atoms with Crippen LogP contribution in [0.2, 0.25) is 0 Å². The number of anilines is 1. The van der Waals surface area contributed by atoms with Crippen molar-refractivity contribution in [2.24, 2.45) is 0 Å². The fourth-order valence-corrected chi connectivity index (χ4v) is 3.10. The Labute approximate surface area is 173 Å². The lowest BCUT2D eigenvalue weighted by Crippen LogP contribution is -2.34. The van der Waals surface area contributed by atoms with Gasteiger partial charge in [-0.3, -0.25) is 4.79 Å². The number of ether oxygens (including phenoxy) is 1. The highest BCUT2D eigenvalue weighted by molar-refractivity contribution is 5.90. The monoisotopic (exact) mass is 406 g/mol. The molecule has 1 aliphatic rings. The van der Waals surface area contributed by atoms with Gasteiger partial charge in [0.05, 0.1) is 19.6 Å². The van der Waals surface area contributed by atoms with Crippen LogP contribution in [0.4, 0.5) is 10.5 Å². The first-order chi connectivity index (χ1) is 14.6. The van der Waals surface area contributed by atoms with E-state index in [2.05, 4.69) is 20.8 Å². The average Bonchev–Trinajstić information content (AvgIpc) is 3.50. The Bertz CT molecular complexity index is 1030. The molecule has 1 aliphatic carbocycles. The van der Waals surface area contributed by atoms with Crippen LogP contribution in [0.15, 0.2) is 59.1 Å². The Balaban J connectivity index is 1.44. The number of hydrogen-bond acceptors (Lipinski definition) is 6. The number of nitrogens with zero attached hydrogens (tertiary/aromatic N) is 2. The second-order valence-corrected chi connectivity index (χ2v) is 7.15. The van der Waals surface area contributed by atoms with E-state index in [4.69, 9.17) is 9.26 Å². The van der Waals surface area contributed by atoms with Crippen molar-refractivity contribution in [3.63, 3.8) is 0 Å². The number of carbonyl (C=O) groups is 2. The Hall–Kier alpha value is -3.68. The van der Waals surface area contributed by atoms with Crippen molar-refractivity contribution in [1.29, 1.82) is 0 Å². The zero-order valence-corrected chi connectivity index (χ0v) is 16.5. The van der Waals surface area contributed by atoms with Crippen LogP contribution in [-0.2, 0) is 9.53 Å². The van der Waals surface area contributed by atoms with Crippen LogP contribution in [0.25, 0.3) is 11.5 Å². The fourth-order valence-electron chi connectivity index (χ4n) is 3.10. The largest absolute Gasteiger partial charge is 0.469 e. The van der Waals surface area contributed by atoms with Gasteiger partial charge in [-0.2, -0.15) is 4.98 Å². The van der Waals surface area contributed by atoms with Crippen molar-refractivity contribution < 1.29 is 18.8 Å². The molecule has 1 heterocycles. The third-order valence-electron chi connectivity index (χ3n) is 4.86. The van der Waals surface area contributed by atoms with Gasteiger partial charge in [-0.15, -0.1) is 0 Å². The molecule has 1 aromatic heterocycles. The molecule has 4 rings (SSSR count). The molecule has 0 unspecified atom stereocenters. The van der Waals surface area contributed by atoms with Gasteiger partial charge < -0.3 is 19.9 Å². The van der Waals surface area contributed by atoms with E-state index in [0.717, 1.165) is 29.8 Å². The molecule has 1 atom stereocenters. The summed E-state index contributed by atoms with van der Waals surface area (Å²) in [5.41, 5.74) is 2.10. The normalized spacial score (nSPS) is 14.0. The van der Waals surface area contributed by atoms with Gasteiger partial charge in [-0.25, -0.2) is 4.79 Å². The summed E-state index contributed by atoms with van der Waals surface area (Å²) < 4.78 is 10.1. The predicted octanol–water partition coefficient (Wildman–Crippen LogP) is 4.04. The summed E-state index contributed by atoms with van der Waals surface area (Å²) in [5, 5.41) is 9.65. The van der Waals surface area contributed by atoms with Crippen LogP contribution < -0.4 is 10.6 Å². The number of hydrogen-bond donors (Lipinski definition) is 2. The van der Waals surface area contributed by atoms with Crippen molar-refractivity contribution in [2.45, 2.75) is 31.2 Å². The minimum Gasteiger partial charge on any atom is -0.469 e. The van der Waals surface area contributed by atoms with E-state index in [0.29, 0.717) is 17.5 Å². The van der Waals surface area contributed by atoms with Gasteiger partial charge in [-0.1, -0.05) is 41.6 Å². The highest BCUT2D eigenvalue weighted by Crippen LogP contribution is 2.39. The summed E-state index contributed by atoms with van der Waals surface area (Å²) in [6, 6.07) is 15.5. The van der Waals surface area contributed by atoms with E-state index in [1.54, 1.807) is 18.2 Å². The molecule has 0 spiro atoms. The number of rotatable bonds is 7. The number of methoxy groups -OCH3 is 1. The van der Waals surface area contributed by atoms with E-state index in [9.17, 15) is 9.59 Å². The van der Waals surface area contributed by atoms with Gasteiger partial charge in [-0.05, 0) is 36.6 Å². The van der Waals surface area contributed by atoms with E-state index < -0.39 is 18.0 Å². The maximum atomic E-state index is 12.6. The molecule has 2 N–H and O–H groups in total. The zero-order chi connectivity index (χ0) is 20.9. The second kappa shape index (κ2) is 8.77. The lowest BCUT2D eigenvalue weighted by atomic mass is 10.0. The molecule has 30 heavy (non-hydrogen) atoms. The lowest BCUT2D eigenvalue weighted by Gasteiger charge is -2.18. The van der Waals surface area contributed by atoms with Gasteiger partial charge >= 0.3 is 12.0 Å². The Kier molecular flexibility index (Phi) is 5.74. The van der Waals surface area contributed by atoms with Gasteiger partial charge in [0.2, 0.25) is 0 Å². The van der Waals surface area contributed by atoms with Crippen molar-refractivity contribution >= 4 is 17.7 Å². The topological polar surface area (TPSA) is 106 Å². The summed E-state index contributed by atoms with van der Waals surface area (Å²) in [7, 11) is 1.32. The standard InChI is InChI=1S/C22H22N4O4/c1-29-19(27)13-18(14-6-3-2-4-7-14)24-22(28)23-17-9-5-8-16(12-17)21-25-20(26-30-21)15-10-11-15/h2-9,12,15,18H,10-11,13H2,1H3,(H2,23,24,28)/t18-/m1/s1. The van der Waals surface area contributed by atoms with Gasteiger partial charge in [0, 0.05) is 17.2 Å². The Morgan fingerprint density at radius 3 is 2.70 bits per heavy atom. The molecule has 0 aliphatic heterocycles. The summed E-state index contributed by atoms with van der Waals surface area (Å²) in [6.07, 6.45) is 2.21. The molecule has 0 radical (unpaired) electrons. The molecular weight excluding hydrogens is 384 g/mol. The summed E-state index contributed by atoms with van der Waals surface area (Å²) in [6.45, 7) is 0. The number of nitrogens with one attached hydrogen (secondary N) is 2. The molecule has 2 amide bonds. The summed E-state index contributed by atoms with van der Waals surface area (Å²) >= 11 is 0. The van der Waals surface area contributed by atoms with E-state index in [1.807, 2.05) is 36.4 Å². The smallest absolute Gasteiger partial charge is 0.319 e. The molecule has 1 fully saturated rings. The molecule has 8 nitrogen and oxygen atoms in total. The average molecular weight is 406 g/mol. The van der Waals surface area contributed by atoms with E-state index in [1.165, 1.54) is 7.11 Å². The maximum Gasteiger partial charge on any atom is 0.319 e.